The van der Waals surface area contributed by atoms with Gasteiger partial charge in [0.25, 0.3) is 0 Å². The van der Waals surface area contributed by atoms with Crippen molar-refractivity contribution in [2.45, 2.75) is 0 Å². The van der Waals surface area contributed by atoms with Gasteiger partial charge in [0, 0.05) is 45.0 Å². The van der Waals surface area contributed by atoms with Crippen LogP contribution in [0.4, 0.5) is 0 Å². The van der Waals surface area contributed by atoms with Crippen LogP contribution in [0, 0.1) is 0 Å². The quantitative estimate of drug-likeness (QED) is 0.173. The van der Waals surface area contributed by atoms with E-state index in [1.54, 1.807) is 11.3 Å². The third-order valence-corrected chi connectivity index (χ3v) is 10.7. The first kappa shape index (κ1) is 30.9. The summed E-state index contributed by atoms with van der Waals surface area (Å²) in [6, 6.07) is 58.4. The van der Waals surface area contributed by atoms with Gasteiger partial charge in [0.1, 0.15) is 4.83 Å². The lowest BCUT2D eigenvalue weighted by molar-refractivity contribution is 1.18. The fourth-order valence-corrected chi connectivity index (χ4v) is 7.92. The Morgan fingerprint density at radius 1 is 0.377 bits per heavy atom. The average molecular weight is 696 g/mol. The maximum Gasteiger partial charge on any atom is 0.160 e. The Hall–Kier alpha value is -6.89. The molecule has 0 saturated heterocycles. The Bertz CT molecular complexity index is 2870. The first-order chi connectivity index (χ1) is 26.2. The van der Waals surface area contributed by atoms with Gasteiger partial charge in [0.05, 0.1) is 27.3 Å². The van der Waals surface area contributed by atoms with Gasteiger partial charge >= 0.3 is 0 Å². The highest BCUT2D eigenvalue weighted by Gasteiger charge is 2.18. The van der Waals surface area contributed by atoms with Gasteiger partial charge in [-0.3, -0.25) is 0 Å². The standard InChI is InChI=1S/C47H29N5S/c1-4-13-32(14-5-1)40-28-41(50-45(49-40)35-17-8-3-9-18-35)33-23-20-31(21-24-33)38-27-39-43-44(53-47(39)48-29-38)42(34-15-6-2-7-16-34)51-46(52-43)37-25-22-30-12-10-11-19-36(30)26-37/h1-29H. The van der Waals surface area contributed by atoms with Crippen molar-refractivity contribution in [3.05, 3.63) is 176 Å². The molecule has 0 amide bonds. The van der Waals surface area contributed by atoms with E-state index in [0.29, 0.717) is 11.6 Å². The summed E-state index contributed by atoms with van der Waals surface area (Å²) < 4.78 is 1.03. The molecule has 0 fully saturated rings. The maximum absolute atomic E-state index is 5.23. The minimum atomic E-state index is 0.699. The lowest BCUT2D eigenvalue weighted by Crippen LogP contribution is -1.95. The molecular formula is C47H29N5S. The fourth-order valence-electron chi connectivity index (χ4n) is 6.84. The molecular weight excluding hydrogens is 667 g/mol. The van der Waals surface area contributed by atoms with E-state index in [1.165, 1.54) is 5.39 Å². The minimum Gasteiger partial charge on any atom is -0.245 e. The molecule has 10 aromatic rings. The number of hydrogen-bond donors (Lipinski definition) is 0. The summed E-state index contributed by atoms with van der Waals surface area (Å²) in [6.45, 7) is 0. The molecule has 248 valence electrons. The van der Waals surface area contributed by atoms with Gasteiger partial charge in [-0.25, -0.2) is 24.9 Å². The van der Waals surface area contributed by atoms with Crippen LogP contribution >= 0.6 is 11.3 Å². The highest BCUT2D eigenvalue weighted by molar-refractivity contribution is 7.25. The number of benzene rings is 6. The van der Waals surface area contributed by atoms with E-state index in [-0.39, 0.29) is 0 Å². The summed E-state index contributed by atoms with van der Waals surface area (Å²) in [5.74, 6) is 1.40. The van der Waals surface area contributed by atoms with Gasteiger partial charge in [0.15, 0.2) is 11.6 Å². The molecule has 10 rings (SSSR count). The topological polar surface area (TPSA) is 64.5 Å². The SMILES string of the molecule is c1ccc(-c2cc(-c3ccc(-c4cnc5sc6c(-c7ccccc7)nc(-c7ccc8ccccc8c7)nc6c5c4)cc3)nc(-c3ccccc3)n2)cc1. The van der Waals surface area contributed by atoms with E-state index in [1.807, 2.05) is 60.8 Å². The molecule has 4 heterocycles. The molecule has 0 saturated carbocycles. The van der Waals surface area contributed by atoms with E-state index in [0.717, 1.165) is 81.8 Å². The van der Waals surface area contributed by atoms with Gasteiger partial charge in [0.2, 0.25) is 0 Å². The molecule has 6 heteroatoms. The zero-order valence-corrected chi connectivity index (χ0v) is 29.2. The third-order valence-electron chi connectivity index (χ3n) is 9.57. The van der Waals surface area contributed by atoms with Gasteiger partial charge in [-0.1, -0.05) is 152 Å². The zero-order chi connectivity index (χ0) is 35.1. The van der Waals surface area contributed by atoms with Gasteiger partial charge in [-0.2, -0.15) is 0 Å². The Labute approximate surface area is 310 Å². The highest BCUT2D eigenvalue weighted by atomic mass is 32.1. The van der Waals surface area contributed by atoms with E-state index in [9.17, 15) is 0 Å². The predicted octanol–water partition coefficient (Wildman–Crippen LogP) is 12.2. The number of pyridine rings is 1. The van der Waals surface area contributed by atoms with E-state index < -0.39 is 0 Å². The first-order valence-corrected chi connectivity index (χ1v) is 18.3. The van der Waals surface area contributed by atoms with Crippen molar-refractivity contribution in [1.82, 2.24) is 24.9 Å². The predicted molar refractivity (Wildman–Crippen MR) is 218 cm³/mol. The summed E-state index contributed by atoms with van der Waals surface area (Å²) in [6.07, 6.45) is 1.96. The van der Waals surface area contributed by atoms with Crippen LogP contribution in [0.5, 0.6) is 0 Å². The number of fused-ring (bicyclic) bond motifs is 4. The van der Waals surface area contributed by atoms with Gasteiger partial charge in [-0.05, 0) is 34.5 Å². The molecule has 0 aliphatic carbocycles. The maximum atomic E-state index is 5.23. The normalized spacial score (nSPS) is 11.4. The van der Waals surface area contributed by atoms with Crippen LogP contribution in [0.25, 0.3) is 98.9 Å². The zero-order valence-electron chi connectivity index (χ0n) is 28.4. The summed E-state index contributed by atoms with van der Waals surface area (Å²) in [5, 5.41) is 3.37. The molecule has 6 aromatic carbocycles. The van der Waals surface area contributed by atoms with Crippen molar-refractivity contribution in [3.8, 4) is 67.7 Å². The molecule has 0 radical (unpaired) electrons. The van der Waals surface area contributed by atoms with Crippen LogP contribution in [0.3, 0.4) is 0 Å². The van der Waals surface area contributed by atoms with Crippen molar-refractivity contribution in [1.29, 1.82) is 0 Å². The Kier molecular flexibility index (Phi) is 7.59. The van der Waals surface area contributed by atoms with Crippen molar-refractivity contribution in [3.63, 3.8) is 0 Å². The smallest absolute Gasteiger partial charge is 0.160 e. The van der Waals surface area contributed by atoms with Crippen molar-refractivity contribution < 1.29 is 0 Å². The van der Waals surface area contributed by atoms with E-state index in [2.05, 4.69) is 115 Å². The molecule has 53 heavy (non-hydrogen) atoms. The van der Waals surface area contributed by atoms with Crippen LogP contribution in [-0.2, 0) is 0 Å². The van der Waals surface area contributed by atoms with Gasteiger partial charge in [-0.15, -0.1) is 11.3 Å². The molecule has 0 aliphatic heterocycles. The number of hydrogen-bond acceptors (Lipinski definition) is 6. The molecule has 0 aliphatic rings. The second-order valence-corrected chi connectivity index (χ2v) is 14.0. The number of rotatable bonds is 6. The number of aromatic nitrogens is 5. The van der Waals surface area contributed by atoms with Crippen LogP contribution < -0.4 is 0 Å². The van der Waals surface area contributed by atoms with E-state index in [4.69, 9.17) is 24.9 Å². The average Bonchev–Trinajstić information content (AvgIpc) is 3.62. The summed E-state index contributed by atoms with van der Waals surface area (Å²) in [4.78, 5) is 26.3. The molecule has 4 aromatic heterocycles. The van der Waals surface area contributed by atoms with Crippen molar-refractivity contribution in [2.24, 2.45) is 0 Å². The second-order valence-electron chi connectivity index (χ2n) is 13.0. The second kappa shape index (κ2) is 13.0. The number of thiophene rings is 1. The van der Waals surface area contributed by atoms with E-state index >= 15 is 0 Å². The first-order valence-electron chi connectivity index (χ1n) is 17.5. The molecule has 0 bridgehead atoms. The fraction of sp³-hybridized carbons (Fsp3) is 0. The third kappa shape index (κ3) is 5.81. The lowest BCUT2D eigenvalue weighted by atomic mass is 10.0. The molecule has 0 spiro atoms. The van der Waals surface area contributed by atoms with Gasteiger partial charge < -0.3 is 0 Å². The Balaban J connectivity index is 1.07. The molecule has 0 atom stereocenters. The Morgan fingerprint density at radius 2 is 0.943 bits per heavy atom. The summed E-state index contributed by atoms with van der Waals surface area (Å²) >= 11 is 1.64. The highest BCUT2D eigenvalue weighted by Crippen LogP contribution is 2.40. The monoisotopic (exact) mass is 695 g/mol. The van der Waals surface area contributed by atoms with Crippen molar-refractivity contribution in [2.75, 3.05) is 0 Å². The molecule has 0 unspecified atom stereocenters. The van der Waals surface area contributed by atoms with Crippen LogP contribution in [0.2, 0.25) is 0 Å². The van der Waals surface area contributed by atoms with Crippen LogP contribution in [0.1, 0.15) is 0 Å². The summed E-state index contributed by atoms with van der Waals surface area (Å²) in [7, 11) is 0. The molecule has 5 nitrogen and oxygen atoms in total. The number of nitrogens with zero attached hydrogens (tertiary/aromatic N) is 5. The van der Waals surface area contributed by atoms with Crippen LogP contribution in [-0.4, -0.2) is 24.9 Å². The van der Waals surface area contributed by atoms with Crippen LogP contribution in [0.15, 0.2) is 176 Å². The largest absolute Gasteiger partial charge is 0.245 e. The summed E-state index contributed by atoms with van der Waals surface area (Å²) in [5.41, 5.74) is 10.8. The molecule has 0 N–H and O–H groups in total. The lowest BCUT2D eigenvalue weighted by Gasteiger charge is -2.10. The minimum absolute atomic E-state index is 0.699. The van der Waals surface area contributed by atoms with Crippen molar-refractivity contribution >= 4 is 42.5 Å². The Morgan fingerprint density at radius 3 is 1.66 bits per heavy atom.